The van der Waals surface area contributed by atoms with E-state index in [0.29, 0.717) is 5.56 Å². The van der Waals surface area contributed by atoms with Gasteiger partial charge in [-0.3, -0.25) is 9.59 Å². The van der Waals surface area contributed by atoms with Crippen molar-refractivity contribution in [2.24, 2.45) is 0 Å². The number of benzene rings is 1. The molecule has 5 heteroatoms. The molecule has 0 bridgehead atoms. The van der Waals surface area contributed by atoms with E-state index in [1.807, 2.05) is 18.4 Å². The predicted octanol–water partition coefficient (Wildman–Crippen LogP) is 1.61. The number of carboxylic acid groups (broad SMARTS) is 1. The van der Waals surface area contributed by atoms with E-state index >= 15 is 0 Å². The van der Waals surface area contributed by atoms with Gasteiger partial charge in [0.25, 0.3) is 5.91 Å². The summed E-state index contributed by atoms with van der Waals surface area (Å²) in [6.07, 6.45) is 1.87. The summed E-state index contributed by atoms with van der Waals surface area (Å²) < 4.78 is 0. The molecule has 0 aliphatic rings. The van der Waals surface area contributed by atoms with Gasteiger partial charge in [-0.1, -0.05) is 12.1 Å². The fraction of sp³-hybridized carbons (Fsp3) is 0.273. The average Bonchev–Trinajstić information content (AvgIpc) is 2.28. The van der Waals surface area contributed by atoms with E-state index < -0.39 is 12.0 Å². The van der Waals surface area contributed by atoms with Crippen molar-refractivity contribution in [1.29, 1.82) is 0 Å². The summed E-state index contributed by atoms with van der Waals surface area (Å²) in [7, 11) is 0. The Bertz CT molecular complexity index is 406. The van der Waals surface area contributed by atoms with E-state index in [0.717, 1.165) is 4.90 Å². The van der Waals surface area contributed by atoms with Crippen molar-refractivity contribution in [3.63, 3.8) is 0 Å². The highest BCUT2D eigenvalue weighted by molar-refractivity contribution is 7.98. The number of thioether (sulfide) groups is 1. The van der Waals surface area contributed by atoms with Crippen LogP contribution in [-0.4, -0.2) is 29.3 Å². The number of amides is 1. The Morgan fingerprint density at radius 3 is 2.56 bits per heavy atom. The van der Waals surface area contributed by atoms with Gasteiger partial charge in [0.15, 0.2) is 0 Å². The maximum atomic E-state index is 11.8. The number of aliphatic carboxylic acids is 1. The van der Waals surface area contributed by atoms with Crippen LogP contribution in [0.2, 0.25) is 0 Å². The third-order valence-electron chi connectivity index (χ3n) is 2.07. The number of carbonyl (C=O) groups excluding carboxylic acids is 1. The van der Waals surface area contributed by atoms with E-state index in [1.54, 1.807) is 12.1 Å². The van der Waals surface area contributed by atoms with Crippen molar-refractivity contribution in [2.75, 3.05) is 6.26 Å². The summed E-state index contributed by atoms with van der Waals surface area (Å²) in [5.74, 6) is -1.41. The molecule has 0 saturated heterocycles. The number of rotatable bonds is 4. The Morgan fingerprint density at radius 1 is 1.38 bits per heavy atom. The molecule has 0 saturated carbocycles. The van der Waals surface area contributed by atoms with Crippen LogP contribution in [0.4, 0.5) is 0 Å². The highest BCUT2D eigenvalue weighted by Crippen LogP contribution is 2.19. The van der Waals surface area contributed by atoms with Crippen molar-refractivity contribution >= 4 is 23.6 Å². The van der Waals surface area contributed by atoms with Crippen LogP contribution in [0, 0.1) is 0 Å². The van der Waals surface area contributed by atoms with E-state index in [9.17, 15) is 9.59 Å². The van der Waals surface area contributed by atoms with Gasteiger partial charge in [0, 0.05) is 4.90 Å². The second-order valence-corrected chi connectivity index (χ2v) is 4.08. The largest absolute Gasteiger partial charge is 0.480 e. The van der Waals surface area contributed by atoms with E-state index in [4.69, 9.17) is 5.11 Å². The Kier molecular flexibility index (Phi) is 4.37. The van der Waals surface area contributed by atoms with Crippen LogP contribution in [0.1, 0.15) is 17.3 Å². The smallest absolute Gasteiger partial charge is 0.325 e. The molecule has 0 heterocycles. The quantitative estimate of drug-likeness (QED) is 0.783. The summed E-state index contributed by atoms with van der Waals surface area (Å²) in [5.41, 5.74) is 0.503. The molecule has 1 aromatic carbocycles. The first kappa shape index (κ1) is 12.6. The molecule has 1 unspecified atom stereocenters. The Labute approximate surface area is 98.0 Å². The first-order valence-electron chi connectivity index (χ1n) is 4.73. The predicted molar refractivity (Wildman–Crippen MR) is 62.8 cm³/mol. The minimum Gasteiger partial charge on any atom is -0.480 e. The molecule has 0 aliphatic carbocycles. The van der Waals surface area contributed by atoms with Gasteiger partial charge in [0.05, 0.1) is 5.56 Å². The second kappa shape index (κ2) is 5.55. The minimum atomic E-state index is -1.05. The van der Waals surface area contributed by atoms with Gasteiger partial charge in [-0.2, -0.15) is 0 Å². The molecule has 0 aromatic heterocycles. The lowest BCUT2D eigenvalue weighted by Gasteiger charge is -2.11. The molecule has 2 N–H and O–H groups in total. The summed E-state index contributed by atoms with van der Waals surface area (Å²) in [6.45, 7) is 1.43. The van der Waals surface area contributed by atoms with Gasteiger partial charge in [0.1, 0.15) is 6.04 Å². The molecule has 0 spiro atoms. The third-order valence-corrected chi connectivity index (χ3v) is 2.87. The molecule has 1 amide bonds. The van der Waals surface area contributed by atoms with E-state index in [2.05, 4.69) is 5.32 Å². The lowest BCUT2D eigenvalue weighted by atomic mass is 10.2. The molecule has 1 aromatic rings. The number of hydrogen-bond donors (Lipinski definition) is 2. The fourth-order valence-corrected chi connectivity index (χ4v) is 1.76. The molecular weight excluding hydrogens is 226 g/mol. The number of nitrogens with one attached hydrogen (secondary N) is 1. The lowest BCUT2D eigenvalue weighted by Crippen LogP contribution is -2.38. The van der Waals surface area contributed by atoms with Crippen molar-refractivity contribution in [2.45, 2.75) is 17.9 Å². The van der Waals surface area contributed by atoms with Gasteiger partial charge >= 0.3 is 5.97 Å². The Morgan fingerprint density at radius 2 is 2.00 bits per heavy atom. The average molecular weight is 239 g/mol. The van der Waals surface area contributed by atoms with Gasteiger partial charge in [0.2, 0.25) is 0 Å². The zero-order valence-corrected chi connectivity index (χ0v) is 9.88. The maximum Gasteiger partial charge on any atom is 0.325 e. The molecule has 1 atom stereocenters. The summed E-state index contributed by atoms with van der Waals surface area (Å²) in [5, 5.41) is 11.1. The highest BCUT2D eigenvalue weighted by atomic mass is 32.2. The first-order valence-corrected chi connectivity index (χ1v) is 5.95. The van der Waals surface area contributed by atoms with Gasteiger partial charge < -0.3 is 10.4 Å². The van der Waals surface area contributed by atoms with E-state index in [1.165, 1.54) is 18.7 Å². The monoisotopic (exact) mass is 239 g/mol. The standard InChI is InChI=1S/C11H13NO3S/c1-7(11(14)15)12-10(13)8-5-3-4-6-9(8)16-2/h3-7H,1-2H3,(H,12,13)(H,14,15). The zero-order valence-electron chi connectivity index (χ0n) is 9.06. The summed E-state index contributed by atoms with van der Waals surface area (Å²) >= 11 is 1.45. The second-order valence-electron chi connectivity index (χ2n) is 3.23. The van der Waals surface area contributed by atoms with Crippen molar-refractivity contribution in [1.82, 2.24) is 5.32 Å². The number of hydrogen-bond acceptors (Lipinski definition) is 3. The van der Waals surface area contributed by atoms with Crippen LogP contribution >= 0.6 is 11.8 Å². The summed E-state index contributed by atoms with van der Waals surface area (Å²) in [6, 6.07) is 6.20. The molecule has 86 valence electrons. The topological polar surface area (TPSA) is 66.4 Å². The van der Waals surface area contributed by atoms with Gasteiger partial charge in [-0.15, -0.1) is 11.8 Å². The zero-order chi connectivity index (χ0) is 12.1. The molecule has 16 heavy (non-hydrogen) atoms. The minimum absolute atomic E-state index is 0.361. The van der Waals surface area contributed by atoms with Crippen molar-refractivity contribution < 1.29 is 14.7 Å². The summed E-state index contributed by atoms with van der Waals surface area (Å²) in [4.78, 5) is 23.2. The van der Waals surface area contributed by atoms with Gasteiger partial charge in [-0.05, 0) is 25.3 Å². The van der Waals surface area contributed by atoms with Crippen molar-refractivity contribution in [3.8, 4) is 0 Å². The van der Waals surface area contributed by atoms with Crippen LogP contribution in [0.25, 0.3) is 0 Å². The maximum absolute atomic E-state index is 11.8. The molecule has 0 fully saturated rings. The highest BCUT2D eigenvalue weighted by Gasteiger charge is 2.16. The van der Waals surface area contributed by atoms with E-state index in [-0.39, 0.29) is 5.91 Å². The van der Waals surface area contributed by atoms with Crippen LogP contribution in [-0.2, 0) is 4.79 Å². The fourth-order valence-electron chi connectivity index (χ4n) is 1.17. The molecule has 1 rings (SSSR count). The third kappa shape index (κ3) is 3.00. The molecule has 0 aliphatic heterocycles. The number of carboxylic acids is 1. The van der Waals surface area contributed by atoms with Crippen LogP contribution in [0.5, 0.6) is 0 Å². The first-order chi connectivity index (χ1) is 7.56. The van der Waals surface area contributed by atoms with Crippen LogP contribution < -0.4 is 5.32 Å². The normalized spacial score (nSPS) is 11.9. The van der Waals surface area contributed by atoms with Gasteiger partial charge in [-0.25, -0.2) is 0 Å². The molecule has 4 nitrogen and oxygen atoms in total. The Balaban J connectivity index is 2.84. The van der Waals surface area contributed by atoms with Crippen molar-refractivity contribution in [3.05, 3.63) is 29.8 Å². The molecular formula is C11H13NO3S. The van der Waals surface area contributed by atoms with Crippen LogP contribution in [0.15, 0.2) is 29.2 Å². The SMILES string of the molecule is CSc1ccccc1C(=O)NC(C)C(=O)O. The molecule has 0 radical (unpaired) electrons. The van der Waals surface area contributed by atoms with Crippen LogP contribution in [0.3, 0.4) is 0 Å². The Hall–Kier alpha value is -1.49. The number of carbonyl (C=O) groups is 2. The lowest BCUT2D eigenvalue weighted by molar-refractivity contribution is -0.138.